The van der Waals surface area contributed by atoms with Crippen LogP contribution >= 0.6 is 11.6 Å². The molecule has 0 amide bonds. The van der Waals surface area contributed by atoms with E-state index >= 15 is 0 Å². The lowest BCUT2D eigenvalue weighted by Gasteiger charge is -2.36. The van der Waals surface area contributed by atoms with Gasteiger partial charge in [-0.25, -0.2) is 4.39 Å². The van der Waals surface area contributed by atoms with Gasteiger partial charge in [0.25, 0.3) is 0 Å². The molecular formula is C15H19BClFN2O2. The van der Waals surface area contributed by atoms with E-state index in [2.05, 4.69) is 4.81 Å². The fourth-order valence-electron chi connectivity index (χ4n) is 2.96. The van der Waals surface area contributed by atoms with Gasteiger partial charge >= 0.3 is 7.62 Å². The highest BCUT2D eigenvalue weighted by Gasteiger charge is 2.29. The van der Waals surface area contributed by atoms with Crippen molar-refractivity contribution in [1.82, 2.24) is 4.81 Å². The van der Waals surface area contributed by atoms with Crippen molar-refractivity contribution >= 4 is 19.2 Å². The summed E-state index contributed by atoms with van der Waals surface area (Å²) in [4.78, 5) is 2.21. The van der Waals surface area contributed by atoms with Crippen molar-refractivity contribution in [2.24, 2.45) is 5.92 Å². The van der Waals surface area contributed by atoms with Gasteiger partial charge in [0.05, 0.1) is 17.2 Å². The monoisotopic (exact) mass is 324 g/mol. The Kier molecular flexibility index (Phi) is 6.65. The minimum atomic E-state index is -0.450. The third-order valence-corrected chi connectivity index (χ3v) is 4.17. The van der Waals surface area contributed by atoms with Gasteiger partial charge in [-0.15, -0.1) is 0 Å². The number of benzene rings is 1. The molecule has 1 aromatic carbocycles. The van der Waals surface area contributed by atoms with Gasteiger partial charge in [0.15, 0.2) is 0 Å². The molecule has 1 heterocycles. The van der Waals surface area contributed by atoms with Crippen molar-refractivity contribution in [3.8, 4) is 6.07 Å². The van der Waals surface area contributed by atoms with E-state index in [0.29, 0.717) is 7.62 Å². The number of nitrogens with zero attached hydrogens (tertiary/aromatic N) is 2. The van der Waals surface area contributed by atoms with Crippen molar-refractivity contribution in [1.29, 1.82) is 5.26 Å². The zero-order valence-corrected chi connectivity index (χ0v) is 13.4. The molecule has 0 radical (unpaired) electrons. The normalized spacial score (nSPS) is 20.4. The van der Waals surface area contributed by atoms with Gasteiger partial charge in [-0.1, -0.05) is 17.7 Å². The number of hydrogen-bond donors (Lipinski definition) is 0. The molecule has 22 heavy (non-hydrogen) atoms. The average Bonchev–Trinajstić information content (AvgIpc) is 2.52. The Morgan fingerprint density at radius 2 is 2.41 bits per heavy atom. The van der Waals surface area contributed by atoms with E-state index in [1.165, 1.54) is 6.07 Å². The number of hydrogen-bond acceptors (Lipinski definition) is 4. The van der Waals surface area contributed by atoms with Crippen molar-refractivity contribution in [3.63, 3.8) is 0 Å². The lowest BCUT2D eigenvalue weighted by molar-refractivity contribution is 0.00916. The largest absolute Gasteiger partial charge is 0.427 e. The van der Waals surface area contributed by atoms with Crippen LogP contribution in [-0.2, 0) is 9.39 Å². The van der Waals surface area contributed by atoms with Gasteiger partial charge in [-0.3, -0.25) is 0 Å². The molecular weight excluding hydrogens is 305 g/mol. The number of piperidine rings is 1. The summed E-state index contributed by atoms with van der Waals surface area (Å²) in [5, 5.41) is 8.88. The SMILES string of the molecule is COBN1CCC[C@@H]([C@@H](OCC#N)c2ccc(F)c(Cl)c2)C1. The quantitative estimate of drug-likeness (QED) is 0.755. The van der Waals surface area contributed by atoms with Crippen LogP contribution < -0.4 is 0 Å². The molecule has 1 fully saturated rings. The van der Waals surface area contributed by atoms with E-state index in [0.717, 1.165) is 31.5 Å². The molecule has 0 N–H and O–H groups in total. The van der Waals surface area contributed by atoms with E-state index in [4.69, 9.17) is 26.3 Å². The van der Waals surface area contributed by atoms with Gasteiger partial charge in [0, 0.05) is 13.0 Å². The van der Waals surface area contributed by atoms with E-state index < -0.39 is 5.82 Å². The topological polar surface area (TPSA) is 45.5 Å². The summed E-state index contributed by atoms with van der Waals surface area (Å²) in [5.74, 6) is -0.229. The van der Waals surface area contributed by atoms with Crippen LogP contribution in [0.5, 0.6) is 0 Å². The molecule has 118 valence electrons. The minimum Gasteiger partial charge on any atom is -0.427 e. The first kappa shape index (κ1) is 17.2. The average molecular weight is 325 g/mol. The lowest BCUT2D eigenvalue weighted by Crippen LogP contribution is -2.41. The molecule has 1 aliphatic heterocycles. The summed E-state index contributed by atoms with van der Waals surface area (Å²) >= 11 is 5.88. The van der Waals surface area contributed by atoms with Gasteiger partial charge < -0.3 is 14.2 Å². The van der Waals surface area contributed by atoms with Crippen LogP contribution in [0.4, 0.5) is 4.39 Å². The van der Waals surface area contributed by atoms with E-state index in [1.807, 2.05) is 6.07 Å². The standard InChI is InChI=1S/C15H19BClFN2O2/c1-21-16-20-7-2-3-12(10-20)15(22-8-6-19)11-4-5-14(18)13(17)9-11/h4-5,9,12,15-16H,2-3,7-8,10H2,1H3/t12-,15+/m1/s1. The third kappa shape index (κ3) is 4.44. The number of rotatable bonds is 6. The van der Waals surface area contributed by atoms with Crippen LogP contribution in [0.3, 0.4) is 0 Å². The molecule has 2 rings (SSSR count). The highest BCUT2D eigenvalue weighted by Crippen LogP contribution is 2.34. The molecule has 4 nitrogen and oxygen atoms in total. The van der Waals surface area contributed by atoms with Gasteiger partial charge in [0.1, 0.15) is 12.4 Å². The Balaban J connectivity index is 2.17. The highest BCUT2D eigenvalue weighted by atomic mass is 35.5. The summed E-state index contributed by atoms with van der Waals surface area (Å²) < 4.78 is 24.3. The summed E-state index contributed by atoms with van der Waals surface area (Å²) in [5.41, 5.74) is 0.811. The molecule has 0 saturated carbocycles. The molecule has 1 aromatic rings. The molecule has 0 bridgehead atoms. The summed E-state index contributed by atoms with van der Waals surface area (Å²) in [6.45, 7) is 1.80. The summed E-state index contributed by atoms with van der Waals surface area (Å²) in [6, 6.07) is 6.62. The minimum absolute atomic E-state index is 0.000436. The second-order valence-electron chi connectivity index (χ2n) is 5.46. The third-order valence-electron chi connectivity index (χ3n) is 3.88. The summed E-state index contributed by atoms with van der Waals surface area (Å²) in [7, 11) is 2.25. The Morgan fingerprint density at radius 1 is 1.59 bits per heavy atom. The fraction of sp³-hybridized carbons (Fsp3) is 0.533. The molecule has 7 heteroatoms. The van der Waals surface area contributed by atoms with Crippen LogP contribution in [0, 0.1) is 23.1 Å². The van der Waals surface area contributed by atoms with Crippen molar-refractivity contribution in [3.05, 3.63) is 34.6 Å². The zero-order chi connectivity index (χ0) is 15.9. The zero-order valence-electron chi connectivity index (χ0n) is 12.6. The van der Waals surface area contributed by atoms with Gasteiger partial charge in [-0.2, -0.15) is 5.26 Å². The van der Waals surface area contributed by atoms with Gasteiger partial charge in [-0.05, 0) is 43.6 Å². The summed E-state index contributed by atoms with van der Waals surface area (Å²) in [6.07, 6.45) is 1.76. The van der Waals surface area contributed by atoms with Gasteiger partial charge in [0.2, 0.25) is 0 Å². The van der Waals surface area contributed by atoms with E-state index in [9.17, 15) is 4.39 Å². The maximum atomic E-state index is 13.4. The smallest absolute Gasteiger partial charge is 0.363 e. The Labute approximate surface area is 136 Å². The molecule has 0 unspecified atom stereocenters. The van der Waals surface area contributed by atoms with Crippen molar-refractivity contribution < 1.29 is 13.8 Å². The Hall–Kier alpha value is -1.13. The predicted molar refractivity (Wildman–Crippen MR) is 84.2 cm³/mol. The molecule has 0 spiro atoms. The molecule has 1 saturated heterocycles. The Morgan fingerprint density at radius 3 is 3.09 bits per heavy atom. The first-order chi connectivity index (χ1) is 10.7. The highest BCUT2D eigenvalue weighted by molar-refractivity contribution is 6.30. The molecule has 1 aliphatic rings. The molecule has 2 atom stereocenters. The first-order valence-corrected chi connectivity index (χ1v) is 7.68. The Bertz CT molecular complexity index is 539. The predicted octanol–water partition coefficient (Wildman–Crippen LogP) is 2.69. The second-order valence-corrected chi connectivity index (χ2v) is 5.87. The van der Waals surface area contributed by atoms with Crippen LogP contribution in [0.15, 0.2) is 18.2 Å². The second kappa shape index (κ2) is 8.49. The van der Waals surface area contributed by atoms with Crippen molar-refractivity contribution in [2.45, 2.75) is 18.9 Å². The number of ether oxygens (including phenoxy) is 1. The van der Waals surface area contributed by atoms with E-state index in [1.54, 1.807) is 19.2 Å². The van der Waals surface area contributed by atoms with Crippen LogP contribution in [-0.4, -0.2) is 39.2 Å². The lowest BCUT2D eigenvalue weighted by atomic mass is 9.86. The molecule has 0 aliphatic carbocycles. The van der Waals surface area contributed by atoms with Crippen LogP contribution in [0.25, 0.3) is 0 Å². The number of halogens is 2. The maximum Gasteiger partial charge on any atom is 0.363 e. The number of nitriles is 1. The van der Waals surface area contributed by atoms with Crippen molar-refractivity contribution in [2.75, 3.05) is 26.8 Å². The van der Waals surface area contributed by atoms with E-state index in [-0.39, 0.29) is 23.7 Å². The molecule has 0 aromatic heterocycles. The first-order valence-electron chi connectivity index (χ1n) is 7.30. The maximum absolute atomic E-state index is 13.4. The fourth-order valence-corrected chi connectivity index (χ4v) is 3.15. The van der Waals surface area contributed by atoms with Crippen LogP contribution in [0.2, 0.25) is 5.02 Å². The van der Waals surface area contributed by atoms with Crippen LogP contribution in [0.1, 0.15) is 24.5 Å².